The number of hydrogen-bond donors (Lipinski definition) is 1. The van der Waals surface area contributed by atoms with E-state index in [1.807, 2.05) is 11.3 Å². The Morgan fingerprint density at radius 1 is 1.35 bits per heavy atom. The molecule has 0 unspecified atom stereocenters. The van der Waals surface area contributed by atoms with E-state index < -0.39 is 0 Å². The fraction of sp³-hybridized carbons (Fsp3) is 0.556. The van der Waals surface area contributed by atoms with Crippen LogP contribution in [-0.2, 0) is 24.9 Å². The highest BCUT2D eigenvalue weighted by atomic mass is 32.1. The van der Waals surface area contributed by atoms with Gasteiger partial charge in [-0.15, -0.1) is 11.3 Å². The van der Waals surface area contributed by atoms with Gasteiger partial charge in [-0.2, -0.15) is 0 Å². The van der Waals surface area contributed by atoms with Crippen molar-refractivity contribution in [3.8, 4) is 0 Å². The molecule has 5 heteroatoms. The van der Waals surface area contributed by atoms with E-state index in [2.05, 4.69) is 50.6 Å². The van der Waals surface area contributed by atoms with Crippen molar-refractivity contribution < 1.29 is 0 Å². The number of aromatic amines is 1. The van der Waals surface area contributed by atoms with Crippen LogP contribution in [0.4, 0.5) is 0 Å². The third kappa shape index (κ3) is 3.40. The minimum absolute atomic E-state index is 0.0307. The van der Waals surface area contributed by atoms with Gasteiger partial charge in [0.05, 0.1) is 11.3 Å². The summed E-state index contributed by atoms with van der Waals surface area (Å²) < 4.78 is 0. The van der Waals surface area contributed by atoms with Crippen LogP contribution in [0.5, 0.6) is 0 Å². The van der Waals surface area contributed by atoms with Crippen molar-refractivity contribution >= 4 is 11.3 Å². The molecular formula is C18H25N3OS. The van der Waals surface area contributed by atoms with E-state index >= 15 is 0 Å². The molecule has 0 atom stereocenters. The predicted octanol–water partition coefficient (Wildman–Crippen LogP) is 3.30. The fourth-order valence-corrected chi connectivity index (χ4v) is 4.02. The fourth-order valence-electron chi connectivity index (χ4n) is 2.92. The summed E-state index contributed by atoms with van der Waals surface area (Å²) in [6, 6.07) is 2.26. The lowest BCUT2D eigenvalue weighted by Crippen LogP contribution is -2.36. The van der Waals surface area contributed by atoms with Gasteiger partial charge < -0.3 is 4.98 Å². The number of nitrogens with one attached hydrogen (secondary N) is 1. The van der Waals surface area contributed by atoms with Crippen LogP contribution in [0.15, 0.2) is 10.9 Å². The average Bonchev–Trinajstić information content (AvgIpc) is 2.76. The third-order valence-electron chi connectivity index (χ3n) is 4.45. The molecule has 2 aromatic rings. The maximum atomic E-state index is 12.5. The van der Waals surface area contributed by atoms with Gasteiger partial charge in [0, 0.05) is 41.2 Å². The molecule has 2 aromatic heterocycles. The number of hydrogen-bond acceptors (Lipinski definition) is 4. The molecule has 0 saturated heterocycles. The molecule has 0 aliphatic carbocycles. The standard InChI is InChI=1S/C18H25N3OS/c1-11-8-13(23-12(11)2)9-21-7-6-15-14(10-21)16(22)20-17(19-15)18(3,4)5/h8H,6-7,9-10H2,1-5H3,(H,19,20,22). The first kappa shape index (κ1) is 16.4. The van der Waals surface area contributed by atoms with E-state index in [0.29, 0.717) is 6.54 Å². The van der Waals surface area contributed by atoms with Crippen LogP contribution in [0.25, 0.3) is 0 Å². The second kappa shape index (κ2) is 5.87. The molecule has 1 aliphatic heterocycles. The largest absolute Gasteiger partial charge is 0.310 e. The number of H-pyrrole nitrogens is 1. The highest BCUT2D eigenvalue weighted by Crippen LogP contribution is 2.25. The molecular weight excluding hydrogens is 306 g/mol. The summed E-state index contributed by atoms with van der Waals surface area (Å²) in [7, 11) is 0. The van der Waals surface area contributed by atoms with Gasteiger partial charge in [0.25, 0.3) is 5.56 Å². The SMILES string of the molecule is Cc1cc(CN2CCc3nc(C(C)(C)C)[nH]c(=O)c3C2)sc1C. The van der Waals surface area contributed by atoms with E-state index in [4.69, 9.17) is 4.98 Å². The van der Waals surface area contributed by atoms with E-state index in [1.165, 1.54) is 15.3 Å². The molecule has 124 valence electrons. The lowest BCUT2D eigenvalue weighted by molar-refractivity contribution is 0.243. The monoisotopic (exact) mass is 331 g/mol. The summed E-state index contributed by atoms with van der Waals surface area (Å²) in [5, 5.41) is 0. The van der Waals surface area contributed by atoms with Gasteiger partial charge >= 0.3 is 0 Å². The van der Waals surface area contributed by atoms with Crippen molar-refractivity contribution in [3.63, 3.8) is 0 Å². The van der Waals surface area contributed by atoms with E-state index in [-0.39, 0.29) is 11.0 Å². The Labute approximate surface area is 141 Å². The number of aromatic nitrogens is 2. The molecule has 4 nitrogen and oxygen atoms in total. The number of aryl methyl sites for hydroxylation is 2. The number of nitrogens with zero attached hydrogens (tertiary/aromatic N) is 2. The first-order chi connectivity index (χ1) is 10.7. The summed E-state index contributed by atoms with van der Waals surface area (Å²) in [5.74, 6) is 0.791. The van der Waals surface area contributed by atoms with Crippen molar-refractivity contribution in [1.29, 1.82) is 0 Å². The van der Waals surface area contributed by atoms with Gasteiger partial charge in [0.1, 0.15) is 5.82 Å². The summed E-state index contributed by atoms with van der Waals surface area (Å²) in [4.78, 5) is 25.3. The second-order valence-corrected chi connectivity index (χ2v) is 8.84. The average molecular weight is 331 g/mol. The molecule has 23 heavy (non-hydrogen) atoms. The highest BCUT2D eigenvalue weighted by Gasteiger charge is 2.25. The van der Waals surface area contributed by atoms with Gasteiger partial charge in [-0.1, -0.05) is 20.8 Å². The number of fused-ring (bicyclic) bond motifs is 1. The van der Waals surface area contributed by atoms with Crippen LogP contribution in [0.3, 0.4) is 0 Å². The maximum absolute atomic E-state index is 12.5. The zero-order valence-corrected chi connectivity index (χ0v) is 15.4. The van der Waals surface area contributed by atoms with Crippen LogP contribution in [-0.4, -0.2) is 21.4 Å². The van der Waals surface area contributed by atoms with E-state index in [1.54, 1.807) is 0 Å². The van der Waals surface area contributed by atoms with Gasteiger partial charge in [-0.25, -0.2) is 4.98 Å². The Morgan fingerprint density at radius 2 is 2.09 bits per heavy atom. The van der Waals surface area contributed by atoms with Crippen molar-refractivity contribution in [3.05, 3.63) is 48.8 Å². The molecule has 1 aliphatic rings. The molecule has 3 heterocycles. The van der Waals surface area contributed by atoms with Crippen LogP contribution in [0.2, 0.25) is 0 Å². The molecule has 1 N–H and O–H groups in total. The van der Waals surface area contributed by atoms with Crippen LogP contribution < -0.4 is 5.56 Å². The minimum Gasteiger partial charge on any atom is -0.310 e. The van der Waals surface area contributed by atoms with E-state index in [9.17, 15) is 4.79 Å². The Bertz CT molecular complexity index is 763. The predicted molar refractivity (Wildman–Crippen MR) is 95.2 cm³/mol. The zero-order valence-electron chi connectivity index (χ0n) is 14.6. The molecule has 0 radical (unpaired) electrons. The smallest absolute Gasteiger partial charge is 0.255 e. The lowest BCUT2D eigenvalue weighted by atomic mass is 9.95. The van der Waals surface area contributed by atoms with Crippen molar-refractivity contribution in [2.75, 3.05) is 6.54 Å². The quantitative estimate of drug-likeness (QED) is 0.918. The van der Waals surface area contributed by atoms with Crippen molar-refractivity contribution in [2.45, 2.75) is 59.5 Å². The van der Waals surface area contributed by atoms with Crippen LogP contribution in [0, 0.1) is 13.8 Å². The first-order valence-corrected chi connectivity index (χ1v) is 8.96. The van der Waals surface area contributed by atoms with Crippen LogP contribution >= 0.6 is 11.3 Å². The molecule has 0 spiro atoms. The highest BCUT2D eigenvalue weighted by molar-refractivity contribution is 7.12. The topological polar surface area (TPSA) is 49.0 Å². The summed E-state index contributed by atoms with van der Waals surface area (Å²) >= 11 is 1.86. The minimum atomic E-state index is -0.128. The Balaban J connectivity index is 1.82. The first-order valence-electron chi connectivity index (χ1n) is 8.15. The number of thiophene rings is 1. The zero-order chi connectivity index (χ0) is 16.8. The third-order valence-corrected chi connectivity index (χ3v) is 5.59. The Morgan fingerprint density at radius 3 is 2.70 bits per heavy atom. The molecule has 3 rings (SSSR count). The molecule has 0 saturated carbocycles. The number of rotatable bonds is 2. The van der Waals surface area contributed by atoms with E-state index in [0.717, 1.165) is 36.6 Å². The maximum Gasteiger partial charge on any atom is 0.255 e. The summed E-state index contributed by atoms with van der Waals surface area (Å²) in [6.07, 6.45) is 0.853. The van der Waals surface area contributed by atoms with Crippen molar-refractivity contribution in [1.82, 2.24) is 14.9 Å². The Hall–Kier alpha value is -1.46. The van der Waals surface area contributed by atoms with Gasteiger partial charge in [-0.05, 0) is 25.5 Å². The molecule has 0 fully saturated rings. The summed E-state index contributed by atoms with van der Waals surface area (Å²) in [6.45, 7) is 13.1. The summed E-state index contributed by atoms with van der Waals surface area (Å²) in [5.41, 5.74) is 3.08. The van der Waals surface area contributed by atoms with Crippen LogP contribution in [0.1, 0.15) is 53.2 Å². The van der Waals surface area contributed by atoms with Crippen molar-refractivity contribution in [2.24, 2.45) is 0 Å². The van der Waals surface area contributed by atoms with Gasteiger partial charge in [-0.3, -0.25) is 9.69 Å². The molecule has 0 amide bonds. The van der Waals surface area contributed by atoms with Gasteiger partial charge in [0.2, 0.25) is 0 Å². The lowest BCUT2D eigenvalue weighted by Gasteiger charge is -2.28. The van der Waals surface area contributed by atoms with Gasteiger partial charge in [0.15, 0.2) is 0 Å². The Kier molecular flexibility index (Phi) is 4.19. The molecule has 0 aromatic carbocycles. The normalized spacial score (nSPS) is 15.7. The second-order valence-electron chi connectivity index (χ2n) is 7.50. The molecule has 0 bridgehead atoms.